The van der Waals surface area contributed by atoms with Crippen LogP contribution in [0.2, 0.25) is 0 Å². The predicted molar refractivity (Wildman–Crippen MR) is 98.9 cm³/mol. The largest absolute Gasteiger partial charge is 0.514 e. The Morgan fingerprint density at radius 2 is 1.89 bits per heavy atom. The number of nitrogens with one attached hydrogen (secondary N) is 1. The van der Waals surface area contributed by atoms with Crippen LogP contribution < -0.4 is 20.5 Å². The van der Waals surface area contributed by atoms with Gasteiger partial charge < -0.3 is 25.3 Å². The van der Waals surface area contributed by atoms with Gasteiger partial charge in [-0.05, 0) is 38.2 Å². The van der Waals surface area contributed by atoms with E-state index >= 15 is 0 Å². The van der Waals surface area contributed by atoms with Crippen molar-refractivity contribution in [2.75, 3.05) is 25.9 Å². The van der Waals surface area contributed by atoms with Crippen molar-refractivity contribution in [3.8, 4) is 11.5 Å². The molecule has 0 heterocycles. The summed E-state index contributed by atoms with van der Waals surface area (Å²) in [4.78, 5) is 22.0. The molecule has 144 valence electrons. The van der Waals surface area contributed by atoms with Gasteiger partial charge in [-0.3, -0.25) is 10.1 Å². The van der Waals surface area contributed by atoms with Gasteiger partial charge in [-0.2, -0.15) is 0 Å². The van der Waals surface area contributed by atoms with Crippen molar-refractivity contribution in [3.05, 3.63) is 58.1 Å². The van der Waals surface area contributed by atoms with Crippen LogP contribution in [0.3, 0.4) is 0 Å². The van der Waals surface area contributed by atoms with Crippen molar-refractivity contribution in [1.29, 1.82) is 0 Å². The number of nitro benzene ring substituents is 1. The molecule has 0 aromatic heterocycles. The summed E-state index contributed by atoms with van der Waals surface area (Å²) >= 11 is 0. The van der Waals surface area contributed by atoms with Gasteiger partial charge in [0, 0.05) is 36.0 Å². The summed E-state index contributed by atoms with van der Waals surface area (Å²) in [7, 11) is 1.83. The first-order valence-electron chi connectivity index (χ1n) is 8.20. The van der Waals surface area contributed by atoms with Crippen molar-refractivity contribution >= 4 is 17.5 Å². The Morgan fingerprint density at radius 1 is 1.22 bits per heavy atom. The minimum atomic E-state index is -0.940. The van der Waals surface area contributed by atoms with Gasteiger partial charge >= 0.3 is 6.16 Å². The Morgan fingerprint density at radius 3 is 2.48 bits per heavy atom. The molecule has 0 aliphatic rings. The summed E-state index contributed by atoms with van der Waals surface area (Å²) in [5.41, 5.74) is 6.94. The highest BCUT2D eigenvalue weighted by Gasteiger charge is 2.17. The van der Waals surface area contributed by atoms with Crippen molar-refractivity contribution < 1.29 is 23.9 Å². The zero-order valence-electron chi connectivity index (χ0n) is 15.0. The molecule has 0 amide bonds. The third kappa shape index (κ3) is 5.86. The summed E-state index contributed by atoms with van der Waals surface area (Å²) < 4.78 is 15.8. The number of benzene rings is 2. The van der Waals surface area contributed by atoms with Gasteiger partial charge in [-0.1, -0.05) is 0 Å². The minimum Gasteiger partial charge on any atom is -0.492 e. The van der Waals surface area contributed by atoms with Gasteiger partial charge in [0.1, 0.15) is 24.2 Å². The lowest BCUT2D eigenvalue weighted by molar-refractivity contribution is -0.384. The van der Waals surface area contributed by atoms with E-state index in [1.165, 1.54) is 24.3 Å². The second kappa shape index (κ2) is 9.39. The van der Waals surface area contributed by atoms with Crippen molar-refractivity contribution in [3.63, 3.8) is 0 Å². The second-order valence-electron chi connectivity index (χ2n) is 5.61. The van der Waals surface area contributed by atoms with E-state index in [1.807, 2.05) is 7.05 Å². The molecular weight excluding hydrogens is 354 g/mol. The number of carbonyl (C=O) groups excluding carboxylic acids is 1. The van der Waals surface area contributed by atoms with Crippen molar-refractivity contribution in [2.45, 2.75) is 13.0 Å². The monoisotopic (exact) mass is 375 g/mol. The van der Waals surface area contributed by atoms with Gasteiger partial charge in [-0.25, -0.2) is 4.79 Å². The lowest BCUT2D eigenvalue weighted by Crippen LogP contribution is -2.16. The fraction of sp³-hybridized carbons (Fsp3) is 0.278. The number of anilines is 1. The van der Waals surface area contributed by atoms with E-state index in [2.05, 4.69) is 5.32 Å². The Bertz CT molecular complexity index is 794. The van der Waals surface area contributed by atoms with Gasteiger partial charge in [-0.15, -0.1) is 0 Å². The van der Waals surface area contributed by atoms with Crippen LogP contribution in [-0.4, -0.2) is 31.3 Å². The van der Waals surface area contributed by atoms with Gasteiger partial charge in [0.15, 0.2) is 0 Å². The lowest BCUT2D eigenvalue weighted by atomic mass is 10.1. The number of nitro groups is 1. The number of non-ortho nitro benzene ring substituents is 1. The average molecular weight is 375 g/mol. The zero-order valence-corrected chi connectivity index (χ0v) is 15.0. The van der Waals surface area contributed by atoms with Crippen LogP contribution in [0.5, 0.6) is 11.5 Å². The molecule has 0 saturated carbocycles. The van der Waals surface area contributed by atoms with Crippen LogP contribution in [0.4, 0.5) is 16.2 Å². The smallest absolute Gasteiger partial charge is 0.492 e. The highest BCUT2D eigenvalue weighted by molar-refractivity contribution is 5.65. The normalized spacial score (nSPS) is 11.5. The number of hydrogen-bond donors (Lipinski definition) is 2. The number of nitrogens with zero attached hydrogens (tertiary/aromatic N) is 1. The topological polar surface area (TPSA) is 126 Å². The van der Waals surface area contributed by atoms with Crippen LogP contribution in [0.15, 0.2) is 42.5 Å². The number of nitrogens with two attached hydrogens (primary N) is 1. The summed E-state index contributed by atoms with van der Waals surface area (Å²) in [6.45, 7) is 2.86. The Hall–Kier alpha value is -3.33. The SMILES string of the molecule is CNCCOc1ccc(C(C)OC(=O)Oc2ccc([N+](=O)[O-])cc2)c(N)c1. The molecule has 27 heavy (non-hydrogen) atoms. The number of nitrogen functional groups attached to an aromatic ring is 1. The van der Waals surface area contributed by atoms with E-state index in [0.717, 1.165) is 0 Å². The molecule has 1 unspecified atom stereocenters. The molecule has 0 fully saturated rings. The summed E-state index contributed by atoms with van der Waals surface area (Å²) in [5.74, 6) is 0.756. The van der Waals surface area contributed by atoms with E-state index in [-0.39, 0.29) is 11.4 Å². The molecule has 3 N–H and O–H groups in total. The summed E-state index contributed by atoms with van der Waals surface area (Å²) in [6.07, 6.45) is -1.59. The van der Waals surface area contributed by atoms with Crippen LogP contribution in [0.1, 0.15) is 18.6 Å². The summed E-state index contributed by atoms with van der Waals surface area (Å²) in [5, 5.41) is 13.6. The molecule has 2 rings (SSSR count). The van der Waals surface area contributed by atoms with Gasteiger partial charge in [0.2, 0.25) is 0 Å². The molecule has 0 saturated heterocycles. The number of carbonyl (C=O) groups is 1. The first-order chi connectivity index (χ1) is 12.9. The Labute approximate surface area is 156 Å². The van der Waals surface area contributed by atoms with E-state index in [4.69, 9.17) is 19.9 Å². The quantitative estimate of drug-likeness (QED) is 0.180. The first-order valence-corrected chi connectivity index (χ1v) is 8.20. The highest BCUT2D eigenvalue weighted by Crippen LogP contribution is 2.28. The third-order valence-electron chi connectivity index (χ3n) is 3.64. The minimum absolute atomic E-state index is 0.103. The van der Waals surface area contributed by atoms with E-state index in [0.29, 0.717) is 30.2 Å². The number of hydrogen-bond acceptors (Lipinski definition) is 8. The van der Waals surface area contributed by atoms with E-state index in [9.17, 15) is 14.9 Å². The fourth-order valence-corrected chi connectivity index (χ4v) is 2.25. The molecule has 2 aromatic carbocycles. The molecular formula is C18H21N3O6. The average Bonchev–Trinajstić information content (AvgIpc) is 2.62. The standard InChI is InChI=1S/C18H21N3O6/c1-12(16-8-7-15(11-17(16)19)25-10-9-20-2)26-18(22)27-14-5-3-13(4-6-14)21(23)24/h3-8,11-12,20H,9-10,19H2,1-2H3. The first kappa shape index (κ1) is 20.0. The third-order valence-corrected chi connectivity index (χ3v) is 3.64. The van der Waals surface area contributed by atoms with Crippen molar-refractivity contribution in [1.82, 2.24) is 5.32 Å². The van der Waals surface area contributed by atoms with Crippen molar-refractivity contribution in [2.24, 2.45) is 0 Å². The Kier molecular flexibility index (Phi) is 6.95. The lowest BCUT2D eigenvalue weighted by Gasteiger charge is -2.16. The Balaban J connectivity index is 1.94. The van der Waals surface area contributed by atoms with E-state index in [1.54, 1.807) is 25.1 Å². The molecule has 0 aliphatic heterocycles. The van der Waals surface area contributed by atoms with Crippen LogP contribution in [0.25, 0.3) is 0 Å². The fourth-order valence-electron chi connectivity index (χ4n) is 2.25. The number of likely N-dealkylation sites (N-methyl/N-ethyl adjacent to an activating group) is 1. The number of ether oxygens (including phenoxy) is 3. The van der Waals surface area contributed by atoms with Crippen LogP contribution in [-0.2, 0) is 4.74 Å². The maximum Gasteiger partial charge on any atom is 0.514 e. The van der Waals surface area contributed by atoms with E-state index < -0.39 is 17.2 Å². The summed E-state index contributed by atoms with van der Waals surface area (Å²) in [6, 6.07) is 10.2. The molecule has 1 atom stereocenters. The molecule has 0 spiro atoms. The van der Waals surface area contributed by atoms with Gasteiger partial charge in [0.05, 0.1) is 4.92 Å². The molecule has 0 radical (unpaired) electrons. The predicted octanol–water partition coefficient (Wildman–Crippen LogP) is 3.05. The van der Waals surface area contributed by atoms with Crippen LogP contribution in [0, 0.1) is 10.1 Å². The maximum absolute atomic E-state index is 11.9. The number of rotatable bonds is 8. The molecule has 0 bridgehead atoms. The highest BCUT2D eigenvalue weighted by atomic mass is 16.7. The molecule has 2 aromatic rings. The molecule has 0 aliphatic carbocycles. The maximum atomic E-state index is 11.9. The zero-order chi connectivity index (χ0) is 19.8. The molecule has 9 nitrogen and oxygen atoms in total. The van der Waals surface area contributed by atoms with Crippen LogP contribution >= 0.6 is 0 Å². The second-order valence-corrected chi connectivity index (χ2v) is 5.61. The molecule has 9 heteroatoms. The van der Waals surface area contributed by atoms with Gasteiger partial charge in [0.25, 0.3) is 5.69 Å².